The lowest BCUT2D eigenvalue weighted by molar-refractivity contribution is -0.140. The van der Waals surface area contributed by atoms with Crippen molar-refractivity contribution in [2.45, 2.75) is 58.5 Å². The van der Waals surface area contributed by atoms with Crippen LogP contribution in [0.15, 0.2) is 18.2 Å². The number of benzene rings is 1. The van der Waals surface area contributed by atoms with E-state index in [0.29, 0.717) is 30.0 Å². The second kappa shape index (κ2) is 9.94. The van der Waals surface area contributed by atoms with Crippen LogP contribution in [0.3, 0.4) is 0 Å². The van der Waals surface area contributed by atoms with Crippen LogP contribution in [0.25, 0.3) is 0 Å². The van der Waals surface area contributed by atoms with Gasteiger partial charge < -0.3 is 14.8 Å². The Labute approximate surface area is 145 Å². The first-order valence-electron chi connectivity index (χ1n) is 8.54. The van der Waals surface area contributed by atoms with Gasteiger partial charge in [-0.1, -0.05) is 33.1 Å². The molecule has 0 saturated heterocycles. The summed E-state index contributed by atoms with van der Waals surface area (Å²) in [5.41, 5.74) is 0.0920. The maximum atomic E-state index is 12.7. The van der Waals surface area contributed by atoms with Gasteiger partial charge in [-0.15, -0.1) is 0 Å². The highest BCUT2D eigenvalue weighted by Crippen LogP contribution is 2.25. The van der Waals surface area contributed by atoms with Crippen LogP contribution in [0.2, 0.25) is 0 Å². The first-order valence-corrected chi connectivity index (χ1v) is 8.54. The van der Waals surface area contributed by atoms with Gasteiger partial charge >= 0.3 is 0 Å². The van der Waals surface area contributed by atoms with Gasteiger partial charge in [-0.25, -0.2) is 0 Å². The van der Waals surface area contributed by atoms with Crippen molar-refractivity contribution >= 4 is 11.6 Å². The van der Waals surface area contributed by atoms with Crippen LogP contribution in [0.1, 0.15) is 58.4 Å². The van der Waals surface area contributed by atoms with Crippen molar-refractivity contribution in [1.29, 1.82) is 5.26 Å². The summed E-state index contributed by atoms with van der Waals surface area (Å²) in [4.78, 5) is 12.7. The maximum Gasteiger partial charge on any atom is 0.256 e. The summed E-state index contributed by atoms with van der Waals surface area (Å²) in [6.45, 7) is 6.53. The fourth-order valence-corrected chi connectivity index (χ4v) is 2.43. The molecule has 1 aromatic rings. The largest absolute Gasteiger partial charge is 0.495 e. The van der Waals surface area contributed by atoms with Crippen LogP contribution < -0.4 is 10.1 Å². The third-order valence-corrected chi connectivity index (χ3v) is 3.94. The predicted octanol–water partition coefficient (Wildman–Crippen LogP) is 4.27. The fourth-order valence-electron chi connectivity index (χ4n) is 2.43. The smallest absolute Gasteiger partial charge is 0.256 e. The number of anilines is 1. The number of nitrogens with zero attached hydrogens (tertiary/aromatic N) is 1. The number of hydrogen-bond donors (Lipinski definition) is 1. The molecule has 0 aliphatic carbocycles. The molecule has 132 valence electrons. The number of carbonyl (C=O) groups is 1. The minimum atomic E-state index is -0.863. The van der Waals surface area contributed by atoms with Gasteiger partial charge in [0.2, 0.25) is 0 Å². The molecule has 1 atom stereocenters. The molecular formula is C19H28N2O3. The monoisotopic (exact) mass is 332 g/mol. The van der Waals surface area contributed by atoms with Crippen molar-refractivity contribution in [3.8, 4) is 11.8 Å². The minimum Gasteiger partial charge on any atom is -0.495 e. The van der Waals surface area contributed by atoms with E-state index in [2.05, 4.69) is 18.3 Å². The van der Waals surface area contributed by atoms with Crippen molar-refractivity contribution < 1.29 is 14.3 Å². The van der Waals surface area contributed by atoms with Crippen molar-refractivity contribution in [3.05, 3.63) is 23.8 Å². The quantitative estimate of drug-likeness (QED) is 0.649. The van der Waals surface area contributed by atoms with Gasteiger partial charge in [0.25, 0.3) is 5.91 Å². The number of rotatable bonds is 10. The number of ether oxygens (including phenoxy) is 2. The molecule has 0 fully saturated rings. The average Bonchev–Trinajstić information content (AvgIpc) is 2.60. The Bertz CT molecular complexity index is 580. The zero-order chi connectivity index (χ0) is 18.0. The van der Waals surface area contributed by atoms with E-state index in [-0.39, 0.29) is 5.91 Å². The molecule has 24 heavy (non-hydrogen) atoms. The van der Waals surface area contributed by atoms with Crippen LogP contribution in [0.5, 0.6) is 5.75 Å². The van der Waals surface area contributed by atoms with Crippen LogP contribution in [0.4, 0.5) is 5.69 Å². The molecule has 1 amide bonds. The number of amides is 1. The summed E-state index contributed by atoms with van der Waals surface area (Å²) < 4.78 is 11.0. The normalized spacial score (nSPS) is 13.0. The van der Waals surface area contributed by atoms with Crippen molar-refractivity contribution in [2.24, 2.45) is 0 Å². The first kappa shape index (κ1) is 20.0. The Kier molecular flexibility index (Phi) is 8.28. The Morgan fingerprint density at radius 2 is 2.04 bits per heavy atom. The third-order valence-electron chi connectivity index (χ3n) is 3.94. The Morgan fingerprint density at radius 1 is 1.29 bits per heavy atom. The molecule has 0 unspecified atom stereocenters. The Morgan fingerprint density at radius 3 is 2.62 bits per heavy atom. The van der Waals surface area contributed by atoms with E-state index in [4.69, 9.17) is 14.7 Å². The molecule has 1 N–H and O–H groups in total. The van der Waals surface area contributed by atoms with Gasteiger partial charge in [-0.05, 0) is 38.0 Å². The lowest BCUT2D eigenvalue weighted by atomic mass is 9.96. The fraction of sp³-hybridized carbons (Fsp3) is 0.579. The van der Waals surface area contributed by atoms with Crippen molar-refractivity contribution in [3.63, 3.8) is 0 Å². The van der Waals surface area contributed by atoms with E-state index in [0.717, 1.165) is 25.7 Å². The van der Waals surface area contributed by atoms with Gasteiger partial charge in [0.1, 0.15) is 17.4 Å². The topological polar surface area (TPSA) is 71.3 Å². The highest BCUT2D eigenvalue weighted by Gasteiger charge is 2.33. The third kappa shape index (κ3) is 5.54. The summed E-state index contributed by atoms with van der Waals surface area (Å²) in [6.07, 6.45) is 4.64. The second-order valence-electron chi connectivity index (χ2n) is 6.02. The summed E-state index contributed by atoms with van der Waals surface area (Å²) in [6, 6.07) is 7.08. The SMILES string of the molecule is CCCCC[C@@](C)(OCCC)C(=O)Nc1ccc(OC)c(C#N)c1. The molecule has 1 rings (SSSR count). The molecule has 0 heterocycles. The lowest BCUT2D eigenvalue weighted by Gasteiger charge is -2.29. The zero-order valence-corrected chi connectivity index (χ0v) is 15.1. The first-order chi connectivity index (χ1) is 11.5. The Hall–Kier alpha value is -2.06. The number of carbonyl (C=O) groups excluding carboxylic acids is 1. The summed E-state index contributed by atoms with van der Waals surface area (Å²) >= 11 is 0. The molecule has 1 aromatic carbocycles. The van der Waals surface area contributed by atoms with Gasteiger partial charge in [-0.3, -0.25) is 4.79 Å². The van der Waals surface area contributed by atoms with Gasteiger partial charge in [0, 0.05) is 12.3 Å². The van der Waals surface area contributed by atoms with Gasteiger partial charge in [0.15, 0.2) is 0 Å². The van der Waals surface area contributed by atoms with E-state index < -0.39 is 5.60 Å². The van der Waals surface area contributed by atoms with Crippen molar-refractivity contribution in [1.82, 2.24) is 0 Å². The number of methoxy groups -OCH3 is 1. The molecule has 5 nitrogen and oxygen atoms in total. The van der Waals surface area contributed by atoms with E-state index in [1.54, 1.807) is 18.2 Å². The molecule has 5 heteroatoms. The molecule has 0 saturated carbocycles. The molecule has 0 aliphatic heterocycles. The van der Waals surface area contributed by atoms with Gasteiger partial charge in [-0.2, -0.15) is 5.26 Å². The summed E-state index contributed by atoms with van der Waals surface area (Å²) in [7, 11) is 1.51. The second-order valence-corrected chi connectivity index (χ2v) is 6.02. The summed E-state index contributed by atoms with van der Waals surface area (Å²) in [5.74, 6) is 0.310. The van der Waals surface area contributed by atoms with Crippen LogP contribution in [-0.4, -0.2) is 25.2 Å². The van der Waals surface area contributed by atoms with E-state index in [1.807, 2.05) is 13.8 Å². The molecule has 0 bridgehead atoms. The predicted molar refractivity (Wildman–Crippen MR) is 95.1 cm³/mol. The molecule has 0 spiro atoms. The minimum absolute atomic E-state index is 0.180. The highest BCUT2D eigenvalue weighted by atomic mass is 16.5. The molecule has 0 radical (unpaired) electrons. The van der Waals surface area contributed by atoms with E-state index >= 15 is 0 Å². The number of nitrogens with one attached hydrogen (secondary N) is 1. The summed E-state index contributed by atoms with van der Waals surface area (Å²) in [5, 5.41) is 12.0. The number of hydrogen-bond acceptors (Lipinski definition) is 4. The molecular weight excluding hydrogens is 304 g/mol. The molecule has 0 aliphatic rings. The van der Waals surface area contributed by atoms with Gasteiger partial charge in [0.05, 0.1) is 12.7 Å². The average molecular weight is 332 g/mol. The Balaban J connectivity index is 2.88. The van der Waals surface area contributed by atoms with Crippen molar-refractivity contribution in [2.75, 3.05) is 19.0 Å². The number of unbranched alkanes of at least 4 members (excludes halogenated alkanes) is 2. The number of nitriles is 1. The van der Waals surface area contributed by atoms with E-state index in [1.165, 1.54) is 7.11 Å². The maximum absolute atomic E-state index is 12.7. The zero-order valence-electron chi connectivity index (χ0n) is 15.1. The van der Waals surface area contributed by atoms with Crippen LogP contribution in [-0.2, 0) is 9.53 Å². The lowest BCUT2D eigenvalue weighted by Crippen LogP contribution is -2.43. The van der Waals surface area contributed by atoms with Crippen LogP contribution >= 0.6 is 0 Å². The standard InChI is InChI=1S/C19H28N2O3/c1-5-7-8-11-19(3,24-12-6-2)18(22)21-16-9-10-17(23-4)15(13-16)14-20/h9-10,13H,5-8,11-12H2,1-4H3,(H,21,22)/t19-/m1/s1. The van der Waals surface area contributed by atoms with Crippen LogP contribution in [0, 0.1) is 11.3 Å². The highest BCUT2D eigenvalue weighted by molar-refractivity contribution is 5.97. The molecule has 0 aromatic heterocycles. The van der Waals surface area contributed by atoms with E-state index in [9.17, 15) is 4.79 Å².